The molecule has 0 bridgehead atoms. The second-order valence-corrected chi connectivity index (χ2v) is 4.64. The van der Waals surface area contributed by atoms with E-state index in [0.29, 0.717) is 5.95 Å². The van der Waals surface area contributed by atoms with Crippen molar-refractivity contribution in [1.82, 2.24) is 9.97 Å². The van der Waals surface area contributed by atoms with Gasteiger partial charge in [-0.25, -0.2) is 9.97 Å². The number of para-hydroxylation sites is 1. The monoisotopic (exact) mass is 292 g/mol. The molecule has 88 valence electrons. The van der Waals surface area contributed by atoms with Crippen molar-refractivity contribution in [2.24, 2.45) is 0 Å². The molecule has 0 spiro atoms. The SMILES string of the molecule is CC(Nc1ncc(Br)cn1)c1ccccc1N. The van der Waals surface area contributed by atoms with Gasteiger partial charge in [0, 0.05) is 18.1 Å². The highest BCUT2D eigenvalue weighted by atomic mass is 79.9. The molecule has 0 saturated carbocycles. The zero-order valence-electron chi connectivity index (χ0n) is 9.39. The van der Waals surface area contributed by atoms with Crippen LogP contribution < -0.4 is 11.1 Å². The summed E-state index contributed by atoms with van der Waals surface area (Å²) in [6.07, 6.45) is 3.41. The Morgan fingerprint density at radius 2 is 1.88 bits per heavy atom. The van der Waals surface area contributed by atoms with Crippen LogP contribution in [0.25, 0.3) is 0 Å². The summed E-state index contributed by atoms with van der Waals surface area (Å²) in [6, 6.07) is 7.83. The van der Waals surface area contributed by atoms with Crippen LogP contribution in [0.4, 0.5) is 11.6 Å². The number of aromatic nitrogens is 2. The molecule has 1 aromatic carbocycles. The van der Waals surface area contributed by atoms with Gasteiger partial charge in [-0.3, -0.25) is 0 Å². The fraction of sp³-hybridized carbons (Fsp3) is 0.167. The van der Waals surface area contributed by atoms with Crippen LogP contribution in [0.15, 0.2) is 41.1 Å². The largest absolute Gasteiger partial charge is 0.398 e. The third-order valence-electron chi connectivity index (χ3n) is 2.43. The molecular formula is C12H13BrN4. The Morgan fingerprint density at radius 3 is 2.53 bits per heavy atom. The Labute approximate surface area is 108 Å². The molecule has 4 nitrogen and oxygen atoms in total. The fourth-order valence-corrected chi connectivity index (χ4v) is 1.77. The second-order valence-electron chi connectivity index (χ2n) is 3.72. The van der Waals surface area contributed by atoms with Crippen molar-refractivity contribution < 1.29 is 0 Å². The zero-order chi connectivity index (χ0) is 12.3. The number of nitrogens with zero attached hydrogens (tertiary/aromatic N) is 2. The average molecular weight is 293 g/mol. The molecule has 2 aromatic rings. The molecule has 5 heteroatoms. The highest BCUT2D eigenvalue weighted by Crippen LogP contribution is 2.22. The summed E-state index contributed by atoms with van der Waals surface area (Å²) in [5.74, 6) is 0.587. The molecule has 0 aliphatic rings. The van der Waals surface area contributed by atoms with E-state index in [1.165, 1.54) is 0 Å². The third kappa shape index (κ3) is 2.94. The quantitative estimate of drug-likeness (QED) is 0.854. The lowest BCUT2D eigenvalue weighted by molar-refractivity contribution is 0.862. The van der Waals surface area contributed by atoms with Crippen molar-refractivity contribution in [2.75, 3.05) is 11.1 Å². The van der Waals surface area contributed by atoms with Crippen LogP contribution in [0.3, 0.4) is 0 Å². The Kier molecular flexibility index (Phi) is 3.58. The maximum atomic E-state index is 5.91. The highest BCUT2D eigenvalue weighted by molar-refractivity contribution is 9.10. The highest BCUT2D eigenvalue weighted by Gasteiger charge is 2.09. The molecule has 1 atom stereocenters. The Hall–Kier alpha value is -1.62. The van der Waals surface area contributed by atoms with Gasteiger partial charge < -0.3 is 11.1 Å². The smallest absolute Gasteiger partial charge is 0.223 e. The maximum Gasteiger partial charge on any atom is 0.223 e. The van der Waals surface area contributed by atoms with E-state index in [2.05, 4.69) is 31.2 Å². The van der Waals surface area contributed by atoms with Crippen molar-refractivity contribution in [3.05, 3.63) is 46.7 Å². The molecule has 0 aliphatic carbocycles. The van der Waals surface area contributed by atoms with Crippen molar-refractivity contribution in [3.63, 3.8) is 0 Å². The lowest BCUT2D eigenvalue weighted by Crippen LogP contribution is -2.11. The molecule has 0 fully saturated rings. The summed E-state index contributed by atoms with van der Waals surface area (Å²) in [6.45, 7) is 2.02. The molecule has 3 N–H and O–H groups in total. The second kappa shape index (κ2) is 5.14. The van der Waals surface area contributed by atoms with Crippen LogP contribution in [0.5, 0.6) is 0 Å². The number of nitrogens with one attached hydrogen (secondary N) is 1. The number of anilines is 2. The van der Waals surface area contributed by atoms with Gasteiger partial charge in [0.15, 0.2) is 0 Å². The fourth-order valence-electron chi connectivity index (χ4n) is 1.56. The molecule has 0 aliphatic heterocycles. The van der Waals surface area contributed by atoms with Crippen LogP contribution in [-0.2, 0) is 0 Å². The van der Waals surface area contributed by atoms with Gasteiger partial charge in [-0.1, -0.05) is 18.2 Å². The Balaban J connectivity index is 2.14. The van der Waals surface area contributed by atoms with E-state index in [0.717, 1.165) is 15.7 Å². The van der Waals surface area contributed by atoms with Crippen LogP contribution in [0, 0.1) is 0 Å². The first-order valence-electron chi connectivity index (χ1n) is 5.25. The molecule has 1 heterocycles. The van der Waals surface area contributed by atoms with Gasteiger partial charge in [0.25, 0.3) is 0 Å². The van der Waals surface area contributed by atoms with E-state index < -0.39 is 0 Å². The zero-order valence-corrected chi connectivity index (χ0v) is 11.0. The van der Waals surface area contributed by atoms with E-state index in [-0.39, 0.29) is 6.04 Å². The summed E-state index contributed by atoms with van der Waals surface area (Å²) in [5.41, 5.74) is 7.72. The van der Waals surface area contributed by atoms with Crippen molar-refractivity contribution in [1.29, 1.82) is 0 Å². The number of halogens is 1. The number of hydrogen-bond donors (Lipinski definition) is 2. The van der Waals surface area contributed by atoms with Crippen LogP contribution in [-0.4, -0.2) is 9.97 Å². The topological polar surface area (TPSA) is 63.8 Å². The molecule has 0 amide bonds. The molecule has 1 unspecified atom stereocenters. The van der Waals surface area contributed by atoms with Gasteiger partial charge in [-0.15, -0.1) is 0 Å². The van der Waals surface area contributed by atoms with E-state index in [9.17, 15) is 0 Å². The van der Waals surface area contributed by atoms with E-state index in [1.54, 1.807) is 12.4 Å². The van der Waals surface area contributed by atoms with Gasteiger partial charge in [-0.05, 0) is 34.5 Å². The van der Waals surface area contributed by atoms with Gasteiger partial charge in [0.2, 0.25) is 5.95 Å². The molecule has 2 rings (SSSR count). The van der Waals surface area contributed by atoms with E-state index in [4.69, 9.17) is 5.73 Å². The molecule has 1 aromatic heterocycles. The lowest BCUT2D eigenvalue weighted by atomic mass is 10.1. The van der Waals surface area contributed by atoms with Crippen LogP contribution in [0.2, 0.25) is 0 Å². The van der Waals surface area contributed by atoms with E-state index >= 15 is 0 Å². The average Bonchev–Trinajstić information content (AvgIpc) is 2.32. The number of hydrogen-bond acceptors (Lipinski definition) is 4. The normalized spacial score (nSPS) is 12.1. The van der Waals surface area contributed by atoms with Crippen LogP contribution in [0.1, 0.15) is 18.5 Å². The van der Waals surface area contributed by atoms with E-state index in [1.807, 2.05) is 31.2 Å². The van der Waals surface area contributed by atoms with Gasteiger partial charge in [0.1, 0.15) is 0 Å². The van der Waals surface area contributed by atoms with Crippen molar-refractivity contribution in [3.8, 4) is 0 Å². The minimum Gasteiger partial charge on any atom is -0.398 e. The van der Waals surface area contributed by atoms with Crippen molar-refractivity contribution >= 4 is 27.6 Å². The summed E-state index contributed by atoms with van der Waals surface area (Å²) in [7, 11) is 0. The summed E-state index contributed by atoms with van der Waals surface area (Å²) in [4.78, 5) is 8.33. The van der Waals surface area contributed by atoms with Gasteiger partial charge >= 0.3 is 0 Å². The Morgan fingerprint density at radius 1 is 1.24 bits per heavy atom. The predicted molar refractivity (Wildman–Crippen MR) is 72.6 cm³/mol. The minimum absolute atomic E-state index is 0.0670. The van der Waals surface area contributed by atoms with Crippen molar-refractivity contribution in [2.45, 2.75) is 13.0 Å². The first kappa shape index (κ1) is 11.9. The molecule has 0 radical (unpaired) electrons. The lowest BCUT2D eigenvalue weighted by Gasteiger charge is -2.15. The van der Waals surface area contributed by atoms with Gasteiger partial charge in [0.05, 0.1) is 10.5 Å². The molecular weight excluding hydrogens is 280 g/mol. The minimum atomic E-state index is 0.0670. The first-order valence-corrected chi connectivity index (χ1v) is 6.04. The Bertz CT molecular complexity index is 498. The van der Waals surface area contributed by atoms with Gasteiger partial charge in [-0.2, -0.15) is 0 Å². The summed E-state index contributed by atoms with van der Waals surface area (Å²) >= 11 is 3.30. The maximum absolute atomic E-state index is 5.91. The summed E-state index contributed by atoms with van der Waals surface area (Å²) < 4.78 is 0.856. The first-order chi connectivity index (χ1) is 8.16. The summed E-state index contributed by atoms with van der Waals surface area (Å²) in [5, 5.41) is 3.20. The number of benzene rings is 1. The number of nitrogens with two attached hydrogens (primary N) is 1. The third-order valence-corrected chi connectivity index (χ3v) is 2.84. The van der Waals surface area contributed by atoms with Crippen LogP contribution >= 0.6 is 15.9 Å². The number of nitrogen functional groups attached to an aromatic ring is 1. The predicted octanol–water partition coefficient (Wildman–Crippen LogP) is 2.99. The number of rotatable bonds is 3. The molecule has 17 heavy (non-hydrogen) atoms. The molecule has 0 saturated heterocycles. The standard InChI is InChI=1S/C12H13BrN4/c1-8(10-4-2-3-5-11(10)14)17-12-15-6-9(13)7-16-12/h2-8H,14H2,1H3,(H,15,16,17).